The summed E-state index contributed by atoms with van der Waals surface area (Å²) < 4.78 is 12.6. The average molecular weight is 514 g/mol. The number of benzene rings is 2. The molecule has 1 aromatic heterocycles. The van der Waals surface area contributed by atoms with Crippen LogP contribution in [0.4, 0.5) is 11.6 Å². The summed E-state index contributed by atoms with van der Waals surface area (Å²) in [5.74, 6) is -0.180. The molecule has 0 saturated carbocycles. The van der Waals surface area contributed by atoms with E-state index < -0.39 is 29.6 Å². The molecule has 0 aliphatic rings. The second-order valence-corrected chi connectivity index (χ2v) is 8.71. The Labute approximate surface area is 213 Å². The highest BCUT2D eigenvalue weighted by molar-refractivity contribution is 6.34. The number of halogens is 1. The molecule has 0 fully saturated rings. The van der Waals surface area contributed by atoms with Gasteiger partial charge in [0, 0.05) is 10.7 Å². The van der Waals surface area contributed by atoms with Crippen LogP contribution >= 0.6 is 11.6 Å². The molecule has 0 amide bonds. The van der Waals surface area contributed by atoms with Crippen molar-refractivity contribution < 1.29 is 14.3 Å². The summed E-state index contributed by atoms with van der Waals surface area (Å²) in [6.45, 7) is 6.91. The third kappa shape index (κ3) is 6.60. The molecule has 0 atom stereocenters. The van der Waals surface area contributed by atoms with Crippen LogP contribution in [0.5, 0.6) is 5.75 Å². The van der Waals surface area contributed by atoms with Gasteiger partial charge in [-0.1, -0.05) is 23.7 Å². The van der Waals surface area contributed by atoms with Gasteiger partial charge in [-0.3, -0.25) is 9.98 Å². The summed E-state index contributed by atoms with van der Waals surface area (Å²) in [5.41, 5.74) is 0.00789. The molecule has 36 heavy (non-hydrogen) atoms. The van der Waals surface area contributed by atoms with E-state index in [4.69, 9.17) is 26.5 Å². The van der Waals surface area contributed by atoms with Crippen molar-refractivity contribution >= 4 is 34.9 Å². The van der Waals surface area contributed by atoms with Gasteiger partial charge >= 0.3 is 17.3 Å². The first-order valence-electron chi connectivity index (χ1n) is 11.3. The zero-order chi connectivity index (χ0) is 26.4. The summed E-state index contributed by atoms with van der Waals surface area (Å²) in [7, 11) is 0. The molecule has 0 aliphatic carbocycles. The third-order valence-corrected chi connectivity index (χ3v) is 5.29. The number of ether oxygens (including phenoxy) is 2. The molecule has 2 aromatic carbocycles. The predicted octanol–water partition coefficient (Wildman–Crippen LogP) is 3.53. The molecule has 0 saturated heterocycles. The van der Waals surface area contributed by atoms with E-state index in [9.17, 15) is 14.4 Å². The minimum Gasteiger partial charge on any atom is -0.491 e. The van der Waals surface area contributed by atoms with Gasteiger partial charge in [0.1, 0.15) is 11.5 Å². The molecule has 0 spiro atoms. The predicted molar refractivity (Wildman–Crippen MR) is 138 cm³/mol. The second-order valence-electron chi connectivity index (χ2n) is 8.27. The Morgan fingerprint density at radius 1 is 1.14 bits per heavy atom. The van der Waals surface area contributed by atoms with Crippen molar-refractivity contribution in [2.24, 2.45) is 0 Å². The van der Waals surface area contributed by atoms with E-state index in [0.29, 0.717) is 10.7 Å². The van der Waals surface area contributed by atoms with E-state index in [0.717, 1.165) is 21.4 Å². The highest BCUT2D eigenvalue weighted by atomic mass is 35.5. The van der Waals surface area contributed by atoms with Crippen molar-refractivity contribution in [1.82, 2.24) is 14.1 Å². The smallest absolute Gasteiger partial charge is 0.355 e. The zero-order valence-corrected chi connectivity index (χ0v) is 21.3. The van der Waals surface area contributed by atoms with Gasteiger partial charge in [-0.15, -0.1) is 0 Å². The lowest BCUT2D eigenvalue weighted by molar-refractivity contribution is -0.135. The van der Waals surface area contributed by atoms with Crippen LogP contribution in [0, 0.1) is 12.3 Å². The van der Waals surface area contributed by atoms with E-state index in [1.54, 1.807) is 43.3 Å². The second kappa shape index (κ2) is 11.7. The van der Waals surface area contributed by atoms with Gasteiger partial charge in [0.25, 0.3) is 0 Å². The Morgan fingerprint density at radius 2 is 1.83 bits per heavy atom. The summed E-state index contributed by atoms with van der Waals surface area (Å²) in [4.78, 5) is 42.1. The summed E-state index contributed by atoms with van der Waals surface area (Å²) in [6, 6.07) is 12.2. The maximum absolute atomic E-state index is 13.4. The average Bonchev–Trinajstić information content (AvgIpc) is 2.82. The van der Waals surface area contributed by atoms with Crippen LogP contribution in [0.1, 0.15) is 31.9 Å². The van der Waals surface area contributed by atoms with Crippen molar-refractivity contribution in [3.63, 3.8) is 0 Å². The fourth-order valence-electron chi connectivity index (χ4n) is 3.36. The third-order valence-electron chi connectivity index (χ3n) is 5.04. The molecule has 11 heteroatoms. The molecular weight excluding hydrogens is 486 g/mol. The molecule has 2 N–H and O–H groups in total. The monoisotopic (exact) mass is 513 g/mol. The number of nitrogens with zero attached hydrogens (tertiary/aromatic N) is 3. The minimum absolute atomic E-state index is 0.00895. The van der Waals surface area contributed by atoms with E-state index in [1.165, 1.54) is 4.57 Å². The van der Waals surface area contributed by atoms with Crippen LogP contribution in [-0.4, -0.2) is 38.5 Å². The number of aryl methyl sites for hydroxylation is 1. The van der Waals surface area contributed by atoms with E-state index >= 15 is 0 Å². The van der Waals surface area contributed by atoms with Gasteiger partial charge < -0.3 is 14.8 Å². The van der Waals surface area contributed by atoms with E-state index in [-0.39, 0.29) is 25.2 Å². The first-order valence-corrected chi connectivity index (χ1v) is 11.7. The van der Waals surface area contributed by atoms with Gasteiger partial charge in [-0.25, -0.2) is 19.0 Å². The Hall–Kier alpha value is -3.92. The number of carbonyl (C=O) groups excluding carboxylic acids is 1. The van der Waals surface area contributed by atoms with Gasteiger partial charge in [-0.2, -0.15) is 4.98 Å². The Kier molecular flexibility index (Phi) is 8.65. The molecule has 0 aliphatic heterocycles. The quantitative estimate of drug-likeness (QED) is 0.313. The molecule has 0 bridgehead atoms. The molecular formula is C25H28ClN5O5. The fraction of sp³-hybridized carbons (Fsp3) is 0.320. The lowest BCUT2D eigenvalue weighted by Crippen LogP contribution is -2.45. The van der Waals surface area contributed by atoms with Gasteiger partial charge in [0.15, 0.2) is 0 Å². The topological polar surface area (TPSA) is 128 Å². The van der Waals surface area contributed by atoms with E-state index in [2.05, 4.69) is 10.3 Å². The van der Waals surface area contributed by atoms with Crippen molar-refractivity contribution in [1.29, 1.82) is 5.41 Å². The molecule has 3 aromatic rings. The molecule has 0 unspecified atom stereocenters. The number of hydrogen-bond donors (Lipinski definition) is 2. The van der Waals surface area contributed by atoms with Crippen LogP contribution in [0.2, 0.25) is 5.02 Å². The van der Waals surface area contributed by atoms with Crippen LogP contribution in [-0.2, 0) is 22.6 Å². The van der Waals surface area contributed by atoms with Gasteiger partial charge in [-0.05, 0) is 69.2 Å². The number of aromatic nitrogens is 3. The number of anilines is 2. The zero-order valence-electron chi connectivity index (χ0n) is 20.5. The number of rotatable bonds is 10. The number of nitrogens with one attached hydrogen (secondary N) is 2. The maximum Gasteiger partial charge on any atom is 0.355 e. The molecule has 10 nitrogen and oxygen atoms in total. The highest BCUT2D eigenvalue weighted by Crippen LogP contribution is 2.24. The molecule has 3 rings (SSSR count). The largest absolute Gasteiger partial charge is 0.491 e. The Bertz CT molecular complexity index is 1380. The summed E-state index contributed by atoms with van der Waals surface area (Å²) >= 11 is 5.99. The maximum atomic E-state index is 13.4. The van der Waals surface area contributed by atoms with E-state index in [1.807, 2.05) is 26.8 Å². The Morgan fingerprint density at radius 3 is 2.44 bits per heavy atom. The lowest BCUT2D eigenvalue weighted by atomic mass is 10.2. The first-order chi connectivity index (χ1) is 17.1. The van der Waals surface area contributed by atoms with Crippen LogP contribution in [0.3, 0.4) is 0 Å². The SMILES string of the molecule is CCOC(=O)C(=N)Cn1c(=O)nc(Nc2ccc(OC(C)C)c(C)c2)n(Cc2ccc(Cl)cc2)c1=O. The fourth-order valence-corrected chi connectivity index (χ4v) is 3.48. The van der Waals surface area contributed by atoms with Gasteiger partial charge in [0.05, 0.1) is 25.8 Å². The molecule has 190 valence electrons. The van der Waals surface area contributed by atoms with Crippen LogP contribution < -0.4 is 21.4 Å². The van der Waals surface area contributed by atoms with Crippen molar-refractivity contribution in [3.8, 4) is 5.75 Å². The van der Waals surface area contributed by atoms with Gasteiger partial charge in [0.2, 0.25) is 5.95 Å². The standard InChI is InChI=1S/C25H28ClN5O5/c1-5-35-22(32)20(27)14-31-24(33)29-23(28-19-10-11-21(16(4)12-19)36-15(2)3)30(25(31)34)13-17-6-8-18(26)9-7-17/h6-12,15,27H,5,13-14H2,1-4H3,(H,28,29,33). The molecule has 1 heterocycles. The lowest BCUT2D eigenvalue weighted by Gasteiger charge is -2.17. The first kappa shape index (κ1) is 26.7. The normalized spacial score (nSPS) is 10.8. The Balaban J connectivity index is 2.04. The summed E-state index contributed by atoms with van der Waals surface area (Å²) in [5, 5.41) is 11.5. The van der Waals surface area contributed by atoms with Crippen molar-refractivity contribution in [3.05, 3.63) is 79.6 Å². The molecule has 0 radical (unpaired) electrons. The van der Waals surface area contributed by atoms with Crippen molar-refractivity contribution in [2.45, 2.75) is 46.9 Å². The van der Waals surface area contributed by atoms with Crippen molar-refractivity contribution in [2.75, 3.05) is 11.9 Å². The number of esters is 1. The number of hydrogen-bond acceptors (Lipinski definition) is 8. The van der Waals surface area contributed by atoms with Crippen LogP contribution in [0.15, 0.2) is 52.1 Å². The van der Waals surface area contributed by atoms with Crippen LogP contribution in [0.25, 0.3) is 0 Å². The highest BCUT2D eigenvalue weighted by Gasteiger charge is 2.19. The minimum atomic E-state index is -0.908. The number of carbonyl (C=O) groups is 1. The summed E-state index contributed by atoms with van der Waals surface area (Å²) in [6.07, 6.45) is 0.00895.